The van der Waals surface area contributed by atoms with E-state index in [0.29, 0.717) is 11.5 Å². The van der Waals surface area contributed by atoms with Crippen LogP contribution in [0.4, 0.5) is 0 Å². The Kier molecular flexibility index (Phi) is 3.44. The number of nitrogens with one attached hydrogen (secondary N) is 1. The molecule has 0 aliphatic heterocycles. The standard InChI is InChI=1S/C8H11N3O3S/c1-6-3-8(14-11-6)5-10-15(12,13)7(2)4-9/h3,7,10H,5H2,1-2H3. The average Bonchev–Trinajstić information content (AvgIpc) is 2.60. The molecule has 0 aliphatic carbocycles. The number of hydrogen-bond donors (Lipinski definition) is 1. The number of aromatic nitrogens is 1. The van der Waals surface area contributed by atoms with Crippen LogP contribution in [0.15, 0.2) is 10.6 Å². The summed E-state index contributed by atoms with van der Waals surface area (Å²) >= 11 is 0. The van der Waals surface area contributed by atoms with E-state index in [1.165, 1.54) is 6.92 Å². The number of nitrogens with zero attached hydrogens (tertiary/aromatic N) is 2. The van der Waals surface area contributed by atoms with E-state index in [1.54, 1.807) is 19.1 Å². The topological polar surface area (TPSA) is 96.0 Å². The fraction of sp³-hybridized carbons (Fsp3) is 0.500. The van der Waals surface area contributed by atoms with Gasteiger partial charge < -0.3 is 4.52 Å². The number of hydrogen-bond acceptors (Lipinski definition) is 5. The third-order valence-corrected chi connectivity index (χ3v) is 3.35. The molecule has 1 unspecified atom stereocenters. The van der Waals surface area contributed by atoms with Crippen molar-refractivity contribution in [1.82, 2.24) is 9.88 Å². The molecule has 82 valence electrons. The van der Waals surface area contributed by atoms with Crippen LogP contribution < -0.4 is 4.72 Å². The predicted octanol–water partition coefficient (Wildman–Crippen LogP) is 0.315. The van der Waals surface area contributed by atoms with Gasteiger partial charge in [-0.3, -0.25) is 0 Å². The summed E-state index contributed by atoms with van der Waals surface area (Å²) in [7, 11) is -3.60. The monoisotopic (exact) mass is 229 g/mol. The van der Waals surface area contributed by atoms with Gasteiger partial charge in [-0.15, -0.1) is 0 Å². The molecule has 1 atom stereocenters. The number of nitriles is 1. The van der Waals surface area contributed by atoms with E-state index in [1.807, 2.05) is 0 Å². The summed E-state index contributed by atoms with van der Waals surface area (Å²) in [4.78, 5) is 0. The van der Waals surface area contributed by atoms with Crippen LogP contribution in [0.25, 0.3) is 0 Å². The Morgan fingerprint density at radius 3 is 2.87 bits per heavy atom. The van der Waals surface area contributed by atoms with Crippen molar-refractivity contribution in [1.29, 1.82) is 5.26 Å². The molecule has 0 aromatic carbocycles. The van der Waals surface area contributed by atoms with Gasteiger partial charge in [-0.25, -0.2) is 13.1 Å². The minimum absolute atomic E-state index is 0.00912. The molecule has 0 aliphatic rings. The largest absolute Gasteiger partial charge is 0.360 e. The van der Waals surface area contributed by atoms with Crippen molar-refractivity contribution >= 4 is 10.0 Å². The molecule has 1 aromatic rings. The van der Waals surface area contributed by atoms with Gasteiger partial charge in [-0.1, -0.05) is 5.16 Å². The fourth-order valence-electron chi connectivity index (χ4n) is 0.866. The molecule has 0 fully saturated rings. The minimum Gasteiger partial charge on any atom is -0.360 e. The Hall–Kier alpha value is -1.39. The second-order valence-electron chi connectivity index (χ2n) is 3.07. The lowest BCUT2D eigenvalue weighted by atomic mass is 10.4. The highest BCUT2D eigenvalue weighted by Crippen LogP contribution is 2.03. The van der Waals surface area contributed by atoms with Crippen LogP contribution in [-0.2, 0) is 16.6 Å². The maximum atomic E-state index is 11.3. The van der Waals surface area contributed by atoms with Crippen molar-refractivity contribution in [2.45, 2.75) is 25.6 Å². The van der Waals surface area contributed by atoms with Gasteiger partial charge in [0.1, 0.15) is 0 Å². The molecule has 0 radical (unpaired) electrons. The van der Waals surface area contributed by atoms with Gasteiger partial charge in [-0.05, 0) is 13.8 Å². The van der Waals surface area contributed by atoms with Crippen LogP contribution in [0.5, 0.6) is 0 Å². The van der Waals surface area contributed by atoms with Crippen LogP contribution >= 0.6 is 0 Å². The summed E-state index contributed by atoms with van der Waals surface area (Å²) < 4.78 is 29.8. The molecule has 1 rings (SSSR count). The van der Waals surface area contributed by atoms with Crippen molar-refractivity contribution in [2.75, 3.05) is 0 Å². The molecule has 6 nitrogen and oxygen atoms in total. The highest BCUT2D eigenvalue weighted by Gasteiger charge is 2.19. The summed E-state index contributed by atoms with van der Waals surface area (Å²) in [5.41, 5.74) is 0.678. The maximum absolute atomic E-state index is 11.3. The number of rotatable bonds is 4. The zero-order chi connectivity index (χ0) is 11.5. The summed E-state index contributed by atoms with van der Waals surface area (Å²) in [6.07, 6.45) is 0. The summed E-state index contributed by atoms with van der Waals surface area (Å²) in [5, 5.41) is 11.0. The molecule has 7 heteroatoms. The highest BCUT2D eigenvalue weighted by molar-refractivity contribution is 7.90. The Morgan fingerprint density at radius 1 is 1.73 bits per heavy atom. The zero-order valence-electron chi connectivity index (χ0n) is 8.39. The first-order chi connectivity index (χ1) is 6.95. The van der Waals surface area contributed by atoms with E-state index in [4.69, 9.17) is 9.78 Å². The molecule has 0 saturated heterocycles. The molecule has 0 saturated carbocycles. The summed E-state index contributed by atoms with van der Waals surface area (Å²) in [6, 6.07) is 3.27. The van der Waals surface area contributed by atoms with Gasteiger partial charge in [0.25, 0.3) is 0 Å². The lowest BCUT2D eigenvalue weighted by Crippen LogP contribution is -2.31. The van der Waals surface area contributed by atoms with Gasteiger partial charge in [0.15, 0.2) is 11.0 Å². The quantitative estimate of drug-likeness (QED) is 0.801. The lowest BCUT2D eigenvalue weighted by Gasteiger charge is -2.05. The van der Waals surface area contributed by atoms with Gasteiger partial charge in [0.2, 0.25) is 10.0 Å². The zero-order valence-corrected chi connectivity index (χ0v) is 9.21. The van der Waals surface area contributed by atoms with Crippen molar-refractivity contribution in [3.8, 4) is 6.07 Å². The second-order valence-corrected chi connectivity index (χ2v) is 5.16. The third kappa shape index (κ3) is 3.04. The molecule has 15 heavy (non-hydrogen) atoms. The third-order valence-electron chi connectivity index (χ3n) is 1.77. The van der Waals surface area contributed by atoms with Gasteiger partial charge in [-0.2, -0.15) is 5.26 Å². The van der Waals surface area contributed by atoms with E-state index in [9.17, 15) is 8.42 Å². The van der Waals surface area contributed by atoms with E-state index in [2.05, 4.69) is 9.88 Å². The number of sulfonamides is 1. The van der Waals surface area contributed by atoms with Gasteiger partial charge in [0, 0.05) is 6.07 Å². The smallest absolute Gasteiger partial charge is 0.228 e. The van der Waals surface area contributed by atoms with Crippen molar-refractivity contribution in [2.24, 2.45) is 0 Å². The Morgan fingerprint density at radius 2 is 2.40 bits per heavy atom. The van der Waals surface area contributed by atoms with Crippen molar-refractivity contribution < 1.29 is 12.9 Å². The van der Waals surface area contributed by atoms with Crippen LogP contribution in [0.1, 0.15) is 18.4 Å². The summed E-state index contributed by atoms with van der Waals surface area (Å²) in [6.45, 7) is 3.06. The van der Waals surface area contributed by atoms with Gasteiger partial charge >= 0.3 is 0 Å². The van der Waals surface area contributed by atoms with Crippen LogP contribution in [0.3, 0.4) is 0 Å². The van der Waals surface area contributed by atoms with Crippen LogP contribution in [-0.4, -0.2) is 18.8 Å². The van der Waals surface area contributed by atoms with E-state index in [0.717, 1.165) is 0 Å². The van der Waals surface area contributed by atoms with E-state index >= 15 is 0 Å². The highest BCUT2D eigenvalue weighted by atomic mass is 32.2. The normalized spacial score (nSPS) is 13.4. The first kappa shape index (κ1) is 11.7. The Bertz CT molecular complexity index is 472. The van der Waals surface area contributed by atoms with Crippen LogP contribution in [0, 0.1) is 18.3 Å². The molecule has 1 aromatic heterocycles. The molecular formula is C8H11N3O3S. The fourth-order valence-corrected chi connectivity index (χ4v) is 1.60. The molecule has 1 N–H and O–H groups in total. The van der Waals surface area contributed by atoms with Crippen molar-refractivity contribution in [3.05, 3.63) is 17.5 Å². The molecule has 0 amide bonds. The molecule has 0 spiro atoms. The average molecular weight is 229 g/mol. The first-order valence-electron chi connectivity index (χ1n) is 4.26. The summed E-state index contributed by atoms with van der Waals surface area (Å²) in [5.74, 6) is 0.418. The number of aryl methyl sites for hydroxylation is 1. The second kappa shape index (κ2) is 4.42. The first-order valence-corrected chi connectivity index (χ1v) is 5.80. The lowest BCUT2D eigenvalue weighted by molar-refractivity contribution is 0.377. The van der Waals surface area contributed by atoms with Crippen molar-refractivity contribution in [3.63, 3.8) is 0 Å². The SMILES string of the molecule is Cc1cc(CNS(=O)(=O)C(C)C#N)on1. The van der Waals surface area contributed by atoms with Gasteiger partial charge in [0.05, 0.1) is 18.3 Å². The minimum atomic E-state index is -3.60. The predicted molar refractivity (Wildman–Crippen MR) is 52.1 cm³/mol. The Labute approximate surface area is 87.9 Å². The molecule has 0 bridgehead atoms. The maximum Gasteiger partial charge on any atom is 0.228 e. The molecule has 1 heterocycles. The van der Waals surface area contributed by atoms with E-state index in [-0.39, 0.29) is 6.54 Å². The van der Waals surface area contributed by atoms with E-state index < -0.39 is 15.3 Å². The van der Waals surface area contributed by atoms with Crippen LogP contribution in [0.2, 0.25) is 0 Å². The Balaban J connectivity index is 2.62. The molecular weight excluding hydrogens is 218 g/mol.